The van der Waals surface area contributed by atoms with E-state index < -0.39 is 11.6 Å². The van der Waals surface area contributed by atoms with Crippen molar-refractivity contribution in [1.82, 2.24) is 4.57 Å². The molecule has 1 aliphatic rings. The van der Waals surface area contributed by atoms with Gasteiger partial charge in [0.2, 0.25) is 0 Å². The van der Waals surface area contributed by atoms with Crippen LogP contribution in [0, 0.1) is 11.8 Å². The molecule has 5 nitrogen and oxygen atoms in total. The molecule has 0 unspecified atom stereocenters. The lowest BCUT2D eigenvalue weighted by atomic mass is 9.85. The molecule has 1 aromatic rings. The van der Waals surface area contributed by atoms with Crippen LogP contribution in [0.4, 0.5) is 0 Å². The van der Waals surface area contributed by atoms with Crippen molar-refractivity contribution < 1.29 is 19.8 Å². The lowest BCUT2D eigenvalue weighted by Crippen LogP contribution is -2.29. The normalized spacial score (nSPS) is 16.7. The van der Waals surface area contributed by atoms with Crippen LogP contribution >= 0.6 is 0 Å². The van der Waals surface area contributed by atoms with Gasteiger partial charge < -0.3 is 14.8 Å². The van der Waals surface area contributed by atoms with Crippen LogP contribution < -0.4 is 0 Å². The lowest BCUT2D eigenvalue weighted by Gasteiger charge is -2.26. The summed E-state index contributed by atoms with van der Waals surface area (Å²) in [7, 11) is 1.63. The van der Waals surface area contributed by atoms with Gasteiger partial charge in [0.05, 0.1) is 17.0 Å². The van der Waals surface area contributed by atoms with E-state index in [1.54, 1.807) is 7.05 Å². The minimum Gasteiger partial charge on any atom is -0.478 e. The molecule has 0 radical (unpaired) electrons. The summed E-state index contributed by atoms with van der Waals surface area (Å²) in [5, 5.41) is 19.8. The van der Waals surface area contributed by atoms with E-state index in [0.29, 0.717) is 36.8 Å². The molecule has 1 fully saturated rings. The monoisotopic (exact) mass is 303 g/mol. The molecule has 2 N–H and O–H groups in total. The van der Waals surface area contributed by atoms with Gasteiger partial charge in [-0.15, -0.1) is 0 Å². The van der Waals surface area contributed by atoms with Gasteiger partial charge in [-0.25, -0.2) is 4.79 Å². The minimum absolute atomic E-state index is 0.0138. The van der Waals surface area contributed by atoms with E-state index in [2.05, 4.69) is 11.8 Å². The summed E-state index contributed by atoms with van der Waals surface area (Å²) in [4.78, 5) is 22.6. The molecular weight excluding hydrogens is 282 g/mol. The second kappa shape index (κ2) is 6.37. The summed E-state index contributed by atoms with van der Waals surface area (Å²) in [6, 6.07) is 0. The van der Waals surface area contributed by atoms with E-state index in [-0.39, 0.29) is 11.3 Å². The van der Waals surface area contributed by atoms with Gasteiger partial charge in [0, 0.05) is 12.6 Å². The van der Waals surface area contributed by atoms with Crippen LogP contribution in [0.1, 0.15) is 71.1 Å². The highest BCUT2D eigenvalue weighted by Crippen LogP contribution is 2.28. The third-order valence-electron chi connectivity index (χ3n) is 4.31. The number of hydrogen-bond donors (Lipinski definition) is 2. The van der Waals surface area contributed by atoms with Gasteiger partial charge in [-0.3, -0.25) is 4.79 Å². The summed E-state index contributed by atoms with van der Waals surface area (Å²) in [6.45, 7) is 1.83. The van der Waals surface area contributed by atoms with Crippen LogP contribution in [0.5, 0.6) is 0 Å². The van der Waals surface area contributed by atoms with Crippen molar-refractivity contribution in [2.75, 3.05) is 0 Å². The fraction of sp³-hybridized carbons (Fsp3) is 0.529. The number of aromatic carboxylic acids is 1. The van der Waals surface area contributed by atoms with Crippen molar-refractivity contribution >= 4 is 12.3 Å². The number of hydrogen-bond acceptors (Lipinski definition) is 3. The van der Waals surface area contributed by atoms with Gasteiger partial charge in [0.15, 0.2) is 6.29 Å². The van der Waals surface area contributed by atoms with Gasteiger partial charge in [0.1, 0.15) is 5.60 Å². The summed E-state index contributed by atoms with van der Waals surface area (Å²) in [5.41, 5.74) is 0.173. The van der Waals surface area contributed by atoms with E-state index in [1.165, 1.54) is 4.57 Å². The molecule has 1 saturated carbocycles. The molecule has 118 valence electrons. The molecule has 0 aliphatic heterocycles. The molecule has 0 bridgehead atoms. The summed E-state index contributed by atoms with van der Waals surface area (Å²) >= 11 is 0. The highest BCUT2D eigenvalue weighted by Gasteiger charge is 2.28. The number of carbonyl (C=O) groups is 2. The minimum atomic E-state index is -1.13. The Hall–Kier alpha value is -2.06. The second-order valence-corrected chi connectivity index (χ2v) is 5.77. The van der Waals surface area contributed by atoms with Gasteiger partial charge in [-0.1, -0.05) is 19.3 Å². The predicted molar refractivity (Wildman–Crippen MR) is 82.1 cm³/mol. The van der Waals surface area contributed by atoms with Crippen molar-refractivity contribution in [3.8, 4) is 11.8 Å². The van der Waals surface area contributed by atoms with Gasteiger partial charge in [0.25, 0.3) is 0 Å². The van der Waals surface area contributed by atoms with Crippen LogP contribution in [-0.4, -0.2) is 32.6 Å². The Balaban J connectivity index is 2.52. The maximum absolute atomic E-state index is 11.4. The summed E-state index contributed by atoms with van der Waals surface area (Å²) in [5.74, 6) is 4.72. The molecular formula is C17H21NO4. The number of carboxylic acids is 1. The predicted octanol–water partition coefficient (Wildman–Crippen LogP) is 2.14. The van der Waals surface area contributed by atoms with Gasteiger partial charge in [-0.05, 0) is 38.0 Å². The van der Waals surface area contributed by atoms with Crippen molar-refractivity contribution in [1.29, 1.82) is 0 Å². The molecule has 0 saturated heterocycles. The largest absolute Gasteiger partial charge is 0.478 e. The fourth-order valence-electron chi connectivity index (χ4n) is 3.08. The fourth-order valence-corrected chi connectivity index (χ4v) is 3.08. The van der Waals surface area contributed by atoms with Crippen molar-refractivity contribution in [2.45, 2.75) is 51.0 Å². The van der Waals surface area contributed by atoms with Gasteiger partial charge in [-0.2, -0.15) is 0 Å². The number of aliphatic hydroxyl groups is 1. The Morgan fingerprint density at radius 1 is 1.36 bits per heavy atom. The number of carbonyl (C=O) groups excluding carboxylic acids is 1. The molecule has 0 atom stereocenters. The number of aromatic nitrogens is 1. The first-order valence-electron chi connectivity index (χ1n) is 7.59. The summed E-state index contributed by atoms with van der Waals surface area (Å²) < 4.78 is 1.51. The average Bonchev–Trinajstić information content (AvgIpc) is 2.77. The second-order valence-electron chi connectivity index (χ2n) is 5.77. The Kier molecular flexibility index (Phi) is 4.72. The number of nitrogens with zero attached hydrogens (tertiary/aromatic N) is 1. The molecule has 0 amide bonds. The van der Waals surface area contributed by atoms with Crippen LogP contribution in [-0.2, 0) is 13.5 Å². The zero-order valence-electron chi connectivity index (χ0n) is 13.0. The first kappa shape index (κ1) is 16.3. The molecule has 1 aromatic heterocycles. The van der Waals surface area contributed by atoms with E-state index in [0.717, 1.165) is 19.3 Å². The lowest BCUT2D eigenvalue weighted by molar-refractivity contribution is 0.0609. The van der Waals surface area contributed by atoms with E-state index in [4.69, 9.17) is 0 Å². The maximum Gasteiger partial charge on any atom is 0.338 e. The van der Waals surface area contributed by atoms with Crippen molar-refractivity contribution in [3.63, 3.8) is 0 Å². The number of rotatable bonds is 3. The number of aldehydes is 1. The molecule has 1 heterocycles. The quantitative estimate of drug-likeness (QED) is 0.662. The van der Waals surface area contributed by atoms with Crippen LogP contribution in [0.15, 0.2) is 0 Å². The van der Waals surface area contributed by atoms with E-state index in [9.17, 15) is 19.8 Å². The SMILES string of the molecule is CCc1c(C(=O)O)c(C=O)n(C)c1C#CC1(O)CCCCC1. The zero-order valence-corrected chi connectivity index (χ0v) is 13.0. The van der Waals surface area contributed by atoms with Crippen LogP contribution in [0.3, 0.4) is 0 Å². The molecule has 0 spiro atoms. The smallest absolute Gasteiger partial charge is 0.338 e. The Morgan fingerprint density at radius 3 is 2.50 bits per heavy atom. The third kappa shape index (κ3) is 2.93. The molecule has 22 heavy (non-hydrogen) atoms. The third-order valence-corrected chi connectivity index (χ3v) is 4.31. The standard InChI is InChI=1S/C17H21NO4/c1-3-12-13(7-10-17(22)8-5-4-6-9-17)18(2)14(11-19)15(12)16(20)21/h11,22H,3-6,8-9H2,1-2H3,(H,20,21). The van der Waals surface area contributed by atoms with Crippen LogP contribution in [0.25, 0.3) is 0 Å². The highest BCUT2D eigenvalue weighted by atomic mass is 16.4. The first-order valence-corrected chi connectivity index (χ1v) is 7.59. The Morgan fingerprint density at radius 2 is 2.00 bits per heavy atom. The van der Waals surface area contributed by atoms with Crippen molar-refractivity contribution in [2.24, 2.45) is 7.05 Å². The van der Waals surface area contributed by atoms with Crippen LogP contribution in [0.2, 0.25) is 0 Å². The summed E-state index contributed by atoms with van der Waals surface area (Å²) in [6.07, 6.45) is 5.27. The molecule has 0 aromatic carbocycles. The van der Waals surface area contributed by atoms with Gasteiger partial charge >= 0.3 is 5.97 Å². The first-order chi connectivity index (χ1) is 10.4. The highest BCUT2D eigenvalue weighted by molar-refractivity contribution is 5.99. The molecule has 5 heteroatoms. The maximum atomic E-state index is 11.4. The molecule has 1 aliphatic carbocycles. The molecule has 2 rings (SSSR count). The van der Waals surface area contributed by atoms with Crippen molar-refractivity contribution in [3.05, 3.63) is 22.5 Å². The average molecular weight is 303 g/mol. The Labute approximate surface area is 129 Å². The Bertz CT molecular complexity index is 654. The topological polar surface area (TPSA) is 79.5 Å². The van der Waals surface area contributed by atoms with E-state index >= 15 is 0 Å². The zero-order chi connectivity index (χ0) is 16.3. The number of carboxylic acid groups (broad SMARTS) is 1. The van der Waals surface area contributed by atoms with E-state index in [1.807, 2.05) is 6.92 Å².